The van der Waals surface area contributed by atoms with Gasteiger partial charge in [0.15, 0.2) is 0 Å². The fourth-order valence-electron chi connectivity index (χ4n) is 4.12. The number of hydrogen-bond donors (Lipinski definition) is 1. The maximum atomic E-state index is 12.9. The number of nitrogens with zero attached hydrogens (tertiary/aromatic N) is 2. The molecule has 25 heavy (non-hydrogen) atoms. The Hall–Kier alpha value is -1.46. The van der Waals surface area contributed by atoms with Gasteiger partial charge in [-0.05, 0) is 62.0 Å². The number of hydrogen-bond acceptors (Lipinski definition) is 3. The summed E-state index contributed by atoms with van der Waals surface area (Å²) in [5.41, 5.74) is 4.35. The standard InChI is InChI=1S/C20H27N3OS/c1-14-15(2)21-19-4-3-16(13-18(14)19)20(24)23-9-7-22(8-10-23)17-5-11-25-12-6-17/h3-4,13,17,21H,5-12H2,1-2H3. The quantitative estimate of drug-likeness (QED) is 0.895. The molecule has 0 saturated carbocycles. The van der Waals surface area contributed by atoms with E-state index in [2.05, 4.69) is 41.6 Å². The Morgan fingerprint density at radius 1 is 1.12 bits per heavy atom. The Bertz CT molecular complexity index is 771. The van der Waals surface area contributed by atoms with Gasteiger partial charge in [0.2, 0.25) is 0 Å². The van der Waals surface area contributed by atoms with E-state index in [0.29, 0.717) is 0 Å². The SMILES string of the molecule is Cc1[nH]c2ccc(C(=O)N3CCN(C4CCSCC4)CC3)cc2c1C. The first kappa shape index (κ1) is 17.0. The monoisotopic (exact) mass is 357 g/mol. The van der Waals surface area contributed by atoms with Crippen LogP contribution < -0.4 is 0 Å². The predicted octanol–water partition coefficient (Wildman–Crippen LogP) is 3.44. The first-order valence-corrected chi connectivity index (χ1v) is 10.5. The maximum absolute atomic E-state index is 12.9. The summed E-state index contributed by atoms with van der Waals surface area (Å²) < 4.78 is 0. The van der Waals surface area contributed by atoms with Crippen molar-refractivity contribution in [3.05, 3.63) is 35.0 Å². The number of aromatic nitrogens is 1. The molecule has 0 bridgehead atoms. The fraction of sp³-hybridized carbons (Fsp3) is 0.550. The van der Waals surface area contributed by atoms with Crippen LogP contribution in [0.25, 0.3) is 10.9 Å². The van der Waals surface area contributed by atoms with Crippen LogP contribution >= 0.6 is 11.8 Å². The summed E-state index contributed by atoms with van der Waals surface area (Å²) in [4.78, 5) is 21.0. The number of aryl methyl sites for hydroxylation is 2. The third kappa shape index (κ3) is 3.32. The van der Waals surface area contributed by atoms with Gasteiger partial charge in [-0.3, -0.25) is 9.69 Å². The summed E-state index contributed by atoms with van der Waals surface area (Å²) in [6.45, 7) is 7.94. The molecule has 2 aliphatic rings. The van der Waals surface area contributed by atoms with Crippen LogP contribution in [-0.4, -0.2) is 64.4 Å². The molecule has 0 radical (unpaired) electrons. The van der Waals surface area contributed by atoms with Gasteiger partial charge in [0.25, 0.3) is 5.91 Å². The Morgan fingerprint density at radius 2 is 1.84 bits per heavy atom. The number of H-pyrrole nitrogens is 1. The second kappa shape index (κ2) is 7.04. The molecule has 1 N–H and O–H groups in total. The highest BCUT2D eigenvalue weighted by molar-refractivity contribution is 7.99. The zero-order valence-electron chi connectivity index (χ0n) is 15.2. The van der Waals surface area contributed by atoms with Crippen LogP contribution in [0.15, 0.2) is 18.2 Å². The van der Waals surface area contributed by atoms with Gasteiger partial charge in [0, 0.05) is 54.4 Å². The Balaban J connectivity index is 1.44. The molecule has 1 aromatic carbocycles. The van der Waals surface area contributed by atoms with Crippen molar-refractivity contribution < 1.29 is 4.79 Å². The number of thioether (sulfide) groups is 1. The summed E-state index contributed by atoms with van der Waals surface area (Å²) >= 11 is 2.08. The second-order valence-electron chi connectivity index (χ2n) is 7.31. The number of nitrogens with one attached hydrogen (secondary N) is 1. The number of piperazine rings is 1. The molecule has 4 rings (SSSR count). The molecule has 0 aliphatic carbocycles. The molecule has 0 atom stereocenters. The van der Waals surface area contributed by atoms with E-state index >= 15 is 0 Å². The molecule has 1 amide bonds. The number of fused-ring (bicyclic) bond motifs is 1. The first-order chi connectivity index (χ1) is 12.1. The summed E-state index contributed by atoms with van der Waals surface area (Å²) in [5.74, 6) is 2.76. The molecule has 2 aromatic rings. The average Bonchev–Trinajstić information content (AvgIpc) is 2.95. The fourth-order valence-corrected chi connectivity index (χ4v) is 5.20. The smallest absolute Gasteiger partial charge is 0.253 e. The highest BCUT2D eigenvalue weighted by Crippen LogP contribution is 2.25. The molecule has 2 saturated heterocycles. The number of benzene rings is 1. The van der Waals surface area contributed by atoms with E-state index in [0.717, 1.165) is 43.3 Å². The van der Waals surface area contributed by atoms with Crippen molar-refractivity contribution in [1.82, 2.24) is 14.8 Å². The van der Waals surface area contributed by atoms with Crippen molar-refractivity contribution >= 4 is 28.6 Å². The number of amides is 1. The third-order valence-corrected chi connectivity index (χ3v) is 6.91. The molecule has 2 fully saturated rings. The lowest BCUT2D eigenvalue weighted by atomic mass is 10.1. The van der Waals surface area contributed by atoms with Crippen molar-refractivity contribution in [3.8, 4) is 0 Å². The van der Waals surface area contributed by atoms with Crippen LogP contribution in [-0.2, 0) is 0 Å². The van der Waals surface area contributed by atoms with E-state index < -0.39 is 0 Å². The predicted molar refractivity (Wildman–Crippen MR) is 106 cm³/mol. The molecule has 3 heterocycles. The van der Waals surface area contributed by atoms with Gasteiger partial charge < -0.3 is 9.88 Å². The van der Waals surface area contributed by atoms with E-state index in [4.69, 9.17) is 0 Å². The lowest BCUT2D eigenvalue weighted by Gasteiger charge is -2.40. The van der Waals surface area contributed by atoms with Crippen LogP contribution in [0.5, 0.6) is 0 Å². The van der Waals surface area contributed by atoms with Crippen molar-refractivity contribution in [2.45, 2.75) is 32.7 Å². The molecule has 4 nitrogen and oxygen atoms in total. The Morgan fingerprint density at radius 3 is 2.56 bits per heavy atom. The summed E-state index contributed by atoms with van der Waals surface area (Å²) in [6, 6.07) is 6.80. The van der Waals surface area contributed by atoms with Gasteiger partial charge in [0.05, 0.1) is 0 Å². The minimum absolute atomic E-state index is 0.180. The second-order valence-corrected chi connectivity index (χ2v) is 8.53. The lowest BCUT2D eigenvalue weighted by molar-refractivity contribution is 0.0559. The highest BCUT2D eigenvalue weighted by atomic mass is 32.2. The van der Waals surface area contributed by atoms with E-state index in [1.54, 1.807) is 0 Å². The van der Waals surface area contributed by atoms with Gasteiger partial charge in [-0.25, -0.2) is 0 Å². The molecule has 0 spiro atoms. The number of carbonyl (C=O) groups excluding carboxylic acids is 1. The first-order valence-electron chi connectivity index (χ1n) is 9.33. The number of aromatic amines is 1. The average molecular weight is 358 g/mol. The summed E-state index contributed by atoms with van der Waals surface area (Å²) in [7, 11) is 0. The van der Waals surface area contributed by atoms with E-state index in [1.807, 2.05) is 17.0 Å². The molecule has 134 valence electrons. The molecule has 5 heteroatoms. The Labute approximate surface area is 153 Å². The summed E-state index contributed by atoms with van der Waals surface area (Å²) in [6.07, 6.45) is 2.61. The van der Waals surface area contributed by atoms with E-state index in [-0.39, 0.29) is 5.91 Å². The largest absolute Gasteiger partial charge is 0.358 e. The Kier molecular flexibility index (Phi) is 4.78. The molecular weight excluding hydrogens is 330 g/mol. The van der Waals surface area contributed by atoms with Crippen LogP contribution in [0.3, 0.4) is 0 Å². The van der Waals surface area contributed by atoms with Gasteiger partial charge in [-0.15, -0.1) is 0 Å². The number of rotatable bonds is 2. The highest BCUT2D eigenvalue weighted by Gasteiger charge is 2.27. The van der Waals surface area contributed by atoms with Crippen molar-refractivity contribution in [2.24, 2.45) is 0 Å². The van der Waals surface area contributed by atoms with Crippen molar-refractivity contribution in [2.75, 3.05) is 37.7 Å². The van der Waals surface area contributed by atoms with Gasteiger partial charge in [-0.1, -0.05) is 0 Å². The molecule has 0 unspecified atom stereocenters. The molecule has 1 aromatic heterocycles. The zero-order valence-corrected chi connectivity index (χ0v) is 16.0. The molecule has 2 aliphatic heterocycles. The summed E-state index contributed by atoms with van der Waals surface area (Å²) in [5, 5.41) is 1.17. The van der Waals surface area contributed by atoms with Crippen LogP contribution in [0.4, 0.5) is 0 Å². The van der Waals surface area contributed by atoms with Gasteiger partial charge in [0.1, 0.15) is 0 Å². The van der Waals surface area contributed by atoms with Crippen LogP contribution in [0.2, 0.25) is 0 Å². The third-order valence-electron chi connectivity index (χ3n) is 5.86. The maximum Gasteiger partial charge on any atom is 0.253 e. The molecular formula is C20H27N3OS. The zero-order chi connectivity index (χ0) is 17.4. The van der Waals surface area contributed by atoms with Gasteiger partial charge in [-0.2, -0.15) is 11.8 Å². The minimum Gasteiger partial charge on any atom is -0.358 e. The van der Waals surface area contributed by atoms with E-state index in [9.17, 15) is 4.79 Å². The van der Waals surface area contributed by atoms with Crippen LogP contribution in [0, 0.1) is 13.8 Å². The topological polar surface area (TPSA) is 39.3 Å². The normalized spacial score (nSPS) is 20.3. The van der Waals surface area contributed by atoms with Gasteiger partial charge >= 0.3 is 0 Å². The lowest BCUT2D eigenvalue weighted by Crippen LogP contribution is -2.52. The van der Waals surface area contributed by atoms with E-state index in [1.165, 1.54) is 41.0 Å². The van der Waals surface area contributed by atoms with Crippen molar-refractivity contribution in [3.63, 3.8) is 0 Å². The number of carbonyl (C=O) groups is 1. The minimum atomic E-state index is 0.180. The van der Waals surface area contributed by atoms with Crippen molar-refractivity contribution in [1.29, 1.82) is 0 Å². The van der Waals surface area contributed by atoms with Crippen LogP contribution in [0.1, 0.15) is 34.5 Å².